The second-order valence-electron chi connectivity index (χ2n) is 6.09. The van der Waals surface area contributed by atoms with Crippen molar-refractivity contribution in [3.05, 3.63) is 52.1 Å². The lowest BCUT2D eigenvalue weighted by molar-refractivity contribution is -0.131. The van der Waals surface area contributed by atoms with Crippen LogP contribution < -0.4 is 0 Å². The smallest absolute Gasteiger partial charge is 0.227 e. The summed E-state index contributed by atoms with van der Waals surface area (Å²) in [4.78, 5) is 14.4. The van der Waals surface area contributed by atoms with Crippen LogP contribution in [-0.2, 0) is 17.6 Å². The van der Waals surface area contributed by atoms with E-state index >= 15 is 0 Å². The maximum atomic E-state index is 13.9. The fourth-order valence-corrected chi connectivity index (χ4v) is 3.41. The van der Waals surface area contributed by atoms with Gasteiger partial charge < -0.3 is 9.42 Å². The summed E-state index contributed by atoms with van der Waals surface area (Å²) in [5.74, 6) is 0.256. The zero-order valence-electron chi connectivity index (χ0n) is 13.6. The Bertz CT molecular complexity index is 711. The van der Waals surface area contributed by atoms with Gasteiger partial charge in [0.15, 0.2) is 0 Å². The standard InChI is InChI=1S/C18H20ClFN2O2/c1-2-5-12-10-16(21-24-12)17-8-4-9-22(17)18(23)11-13-14(19)6-3-7-15(13)20/h3,6-7,10,17H,2,4-5,8-9,11H2,1H3/t17-/m0/s1. The van der Waals surface area contributed by atoms with Crippen LogP contribution in [0.25, 0.3) is 0 Å². The first-order valence-corrected chi connectivity index (χ1v) is 8.65. The van der Waals surface area contributed by atoms with Crippen molar-refractivity contribution in [3.8, 4) is 0 Å². The van der Waals surface area contributed by atoms with Crippen LogP contribution in [0.3, 0.4) is 0 Å². The maximum absolute atomic E-state index is 13.9. The first-order valence-electron chi connectivity index (χ1n) is 8.28. The monoisotopic (exact) mass is 350 g/mol. The number of benzene rings is 1. The molecule has 3 rings (SSSR count). The molecule has 1 fully saturated rings. The fraction of sp³-hybridized carbons (Fsp3) is 0.444. The van der Waals surface area contributed by atoms with Gasteiger partial charge in [-0.3, -0.25) is 4.79 Å². The molecule has 128 valence electrons. The third-order valence-corrected chi connectivity index (χ3v) is 4.73. The van der Waals surface area contributed by atoms with Crippen molar-refractivity contribution in [1.29, 1.82) is 0 Å². The van der Waals surface area contributed by atoms with E-state index in [1.165, 1.54) is 12.1 Å². The molecule has 1 atom stereocenters. The summed E-state index contributed by atoms with van der Waals surface area (Å²) in [6, 6.07) is 6.29. The van der Waals surface area contributed by atoms with E-state index in [0.29, 0.717) is 6.54 Å². The molecule has 2 aromatic rings. The highest BCUT2D eigenvalue weighted by atomic mass is 35.5. The average molecular weight is 351 g/mol. The Kier molecular flexibility index (Phi) is 5.19. The summed E-state index contributed by atoms with van der Waals surface area (Å²) in [5.41, 5.74) is 1.03. The van der Waals surface area contributed by atoms with Crippen LogP contribution in [0.1, 0.15) is 49.2 Å². The third-order valence-electron chi connectivity index (χ3n) is 4.38. The van der Waals surface area contributed by atoms with Crippen LogP contribution in [0.15, 0.2) is 28.8 Å². The number of aromatic nitrogens is 1. The minimum absolute atomic E-state index is 0.0400. The van der Waals surface area contributed by atoms with Gasteiger partial charge in [0.2, 0.25) is 5.91 Å². The first-order chi connectivity index (χ1) is 11.6. The Morgan fingerprint density at radius 1 is 1.50 bits per heavy atom. The molecular weight excluding hydrogens is 331 g/mol. The number of hydrogen-bond donors (Lipinski definition) is 0. The highest BCUT2D eigenvalue weighted by Gasteiger charge is 2.32. The number of carbonyl (C=O) groups is 1. The van der Waals surface area contributed by atoms with Crippen LogP contribution in [0.4, 0.5) is 4.39 Å². The zero-order valence-corrected chi connectivity index (χ0v) is 14.4. The summed E-state index contributed by atoms with van der Waals surface area (Å²) in [6.45, 7) is 2.72. The molecular formula is C18H20ClFN2O2. The number of rotatable bonds is 5. The molecule has 1 aliphatic rings. The van der Waals surface area contributed by atoms with Crippen LogP contribution >= 0.6 is 11.6 Å². The van der Waals surface area contributed by atoms with Gasteiger partial charge >= 0.3 is 0 Å². The Morgan fingerprint density at radius 2 is 2.33 bits per heavy atom. The molecule has 0 aliphatic carbocycles. The number of amides is 1. The molecule has 0 unspecified atom stereocenters. The maximum Gasteiger partial charge on any atom is 0.227 e. The molecule has 1 aliphatic heterocycles. The Hall–Kier alpha value is -1.88. The molecule has 1 aromatic heterocycles. The molecule has 0 bridgehead atoms. The lowest BCUT2D eigenvalue weighted by atomic mass is 10.1. The van der Waals surface area contributed by atoms with Gasteiger partial charge in [-0.2, -0.15) is 0 Å². The van der Waals surface area contributed by atoms with Crippen molar-refractivity contribution in [2.24, 2.45) is 0 Å². The third kappa shape index (κ3) is 3.46. The molecule has 0 saturated carbocycles. The topological polar surface area (TPSA) is 46.3 Å². The van der Waals surface area contributed by atoms with E-state index in [-0.39, 0.29) is 29.0 Å². The van der Waals surface area contributed by atoms with Gasteiger partial charge in [0, 0.05) is 29.6 Å². The molecule has 1 amide bonds. The van der Waals surface area contributed by atoms with E-state index in [2.05, 4.69) is 12.1 Å². The van der Waals surface area contributed by atoms with E-state index < -0.39 is 5.82 Å². The molecule has 0 N–H and O–H groups in total. The van der Waals surface area contributed by atoms with E-state index in [1.54, 1.807) is 11.0 Å². The van der Waals surface area contributed by atoms with Crippen LogP contribution in [0.2, 0.25) is 5.02 Å². The van der Waals surface area contributed by atoms with Gasteiger partial charge in [-0.25, -0.2) is 4.39 Å². The summed E-state index contributed by atoms with van der Waals surface area (Å²) in [7, 11) is 0. The lowest BCUT2D eigenvalue weighted by Gasteiger charge is -2.23. The molecule has 6 heteroatoms. The van der Waals surface area contributed by atoms with Gasteiger partial charge in [-0.1, -0.05) is 29.7 Å². The average Bonchev–Trinajstić information content (AvgIpc) is 3.20. The van der Waals surface area contributed by atoms with Crippen LogP contribution in [0.5, 0.6) is 0 Å². The van der Waals surface area contributed by atoms with Crippen molar-refractivity contribution in [3.63, 3.8) is 0 Å². The van der Waals surface area contributed by atoms with Crippen molar-refractivity contribution in [1.82, 2.24) is 10.1 Å². The molecule has 2 heterocycles. The number of aryl methyl sites for hydroxylation is 1. The van der Waals surface area contributed by atoms with Gasteiger partial charge in [0.05, 0.1) is 12.5 Å². The molecule has 4 nitrogen and oxygen atoms in total. The fourth-order valence-electron chi connectivity index (χ4n) is 3.18. The lowest BCUT2D eigenvalue weighted by Crippen LogP contribution is -2.32. The summed E-state index contributed by atoms with van der Waals surface area (Å²) in [5, 5.41) is 4.41. The summed E-state index contributed by atoms with van der Waals surface area (Å²) >= 11 is 6.03. The van der Waals surface area contributed by atoms with Crippen LogP contribution in [-0.4, -0.2) is 22.5 Å². The first kappa shape index (κ1) is 17.0. The minimum atomic E-state index is -0.446. The molecule has 0 radical (unpaired) electrons. The van der Waals surface area contributed by atoms with Gasteiger partial charge in [-0.15, -0.1) is 0 Å². The molecule has 24 heavy (non-hydrogen) atoms. The van der Waals surface area contributed by atoms with E-state index in [9.17, 15) is 9.18 Å². The van der Waals surface area contributed by atoms with Crippen molar-refractivity contribution in [2.45, 2.75) is 45.1 Å². The second-order valence-corrected chi connectivity index (χ2v) is 6.50. The summed E-state index contributed by atoms with van der Waals surface area (Å²) < 4.78 is 19.3. The van der Waals surface area contributed by atoms with Gasteiger partial charge in [-0.05, 0) is 31.4 Å². The van der Waals surface area contributed by atoms with Crippen LogP contribution in [0, 0.1) is 5.82 Å². The highest BCUT2D eigenvalue weighted by Crippen LogP contribution is 2.33. The van der Waals surface area contributed by atoms with E-state index in [4.69, 9.17) is 16.1 Å². The number of halogens is 2. The quantitative estimate of drug-likeness (QED) is 0.806. The number of nitrogens with zero attached hydrogens (tertiary/aromatic N) is 2. The van der Waals surface area contributed by atoms with Gasteiger partial charge in [0.1, 0.15) is 17.3 Å². The van der Waals surface area contributed by atoms with Crippen molar-refractivity contribution >= 4 is 17.5 Å². The number of likely N-dealkylation sites (tertiary alicyclic amines) is 1. The van der Waals surface area contributed by atoms with Crippen molar-refractivity contribution in [2.75, 3.05) is 6.54 Å². The predicted molar refractivity (Wildman–Crippen MR) is 89.3 cm³/mol. The normalized spacial score (nSPS) is 17.5. The molecule has 0 spiro atoms. The van der Waals surface area contributed by atoms with E-state index in [1.807, 2.05) is 6.07 Å². The Balaban J connectivity index is 1.76. The summed E-state index contributed by atoms with van der Waals surface area (Å²) in [6.07, 6.45) is 3.51. The molecule has 1 saturated heterocycles. The zero-order chi connectivity index (χ0) is 17.1. The van der Waals surface area contributed by atoms with Gasteiger partial charge in [0.25, 0.3) is 0 Å². The Labute approximate surface area is 145 Å². The molecule has 1 aromatic carbocycles. The Morgan fingerprint density at radius 3 is 3.08 bits per heavy atom. The predicted octanol–water partition coefficient (Wildman–Crippen LogP) is 4.33. The van der Waals surface area contributed by atoms with Crippen molar-refractivity contribution < 1.29 is 13.7 Å². The van der Waals surface area contributed by atoms with E-state index in [0.717, 1.165) is 37.1 Å². The number of carbonyl (C=O) groups excluding carboxylic acids is 1. The minimum Gasteiger partial charge on any atom is -0.361 e. The highest BCUT2D eigenvalue weighted by molar-refractivity contribution is 6.31. The number of hydrogen-bond acceptors (Lipinski definition) is 3. The second kappa shape index (κ2) is 7.34. The SMILES string of the molecule is CCCc1cc([C@@H]2CCCN2C(=O)Cc2c(F)cccc2Cl)no1. The largest absolute Gasteiger partial charge is 0.361 e.